The van der Waals surface area contributed by atoms with E-state index in [1.165, 1.54) is 0 Å². The monoisotopic (exact) mass is 405 g/mol. The third-order valence-electron chi connectivity index (χ3n) is 5.64. The lowest BCUT2D eigenvalue weighted by molar-refractivity contribution is -0.134. The molecule has 0 bridgehead atoms. The molecule has 30 heavy (non-hydrogen) atoms. The van der Waals surface area contributed by atoms with Gasteiger partial charge < -0.3 is 14.7 Å². The molecule has 0 saturated carbocycles. The summed E-state index contributed by atoms with van der Waals surface area (Å²) in [5, 5.41) is 10.9. The third kappa shape index (κ3) is 4.78. The van der Waals surface area contributed by atoms with Gasteiger partial charge in [0.1, 0.15) is 0 Å². The van der Waals surface area contributed by atoms with Crippen molar-refractivity contribution in [2.24, 2.45) is 0 Å². The Hall–Kier alpha value is -2.96. The van der Waals surface area contributed by atoms with Gasteiger partial charge in [-0.05, 0) is 24.1 Å². The maximum atomic E-state index is 12.9. The highest BCUT2D eigenvalue weighted by Crippen LogP contribution is 2.23. The molecule has 1 aliphatic heterocycles. The SMILES string of the molecule is CN(C(=O)COc1ccc2ccccc2n1)C(CN1CCC(O)C1)c1ccccc1. The largest absolute Gasteiger partial charge is 0.468 e. The molecule has 2 aromatic carbocycles. The van der Waals surface area contributed by atoms with Gasteiger partial charge in [0, 0.05) is 38.1 Å². The Bertz CT molecular complexity index is 995. The maximum absolute atomic E-state index is 12.9. The van der Waals surface area contributed by atoms with Crippen LogP contribution in [0.5, 0.6) is 5.88 Å². The minimum Gasteiger partial charge on any atom is -0.468 e. The second-order valence-corrected chi connectivity index (χ2v) is 7.76. The number of benzene rings is 2. The van der Waals surface area contributed by atoms with Crippen LogP contribution in [-0.2, 0) is 4.79 Å². The molecule has 2 heterocycles. The molecule has 1 saturated heterocycles. The lowest BCUT2D eigenvalue weighted by Crippen LogP contribution is -2.40. The summed E-state index contributed by atoms with van der Waals surface area (Å²) in [4.78, 5) is 21.4. The molecule has 0 spiro atoms. The number of carbonyl (C=O) groups is 1. The highest BCUT2D eigenvalue weighted by Gasteiger charge is 2.28. The van der Waals surface area contributed by atoms with E-state index in [0.29, 0.717) is 19.0 Å². The highest BCUT2D eigenvalue weighted by molar-refractivity contribution is 5.79. The molecule has 1 amide bonds. The lowest BCUT2D eigenvalue weighted by Gasteiger charge is -2.32. The van der Waals surface area contributed by atoms with Crippen LogP contribution in [0.1, 0.15) is 18.0 Å². The number of likely N-dealkylation sites (tertiary alicyclic amines) is 1. The Kier molecular flexibility index (Phi) is 6.26. The molecule has 6 heteroatoms. The smallest absolute Gasteiger partial charge is 0.260 e. The van der Waals surface area contributed by atoms with Crippen LogP contribution in [0.25, 0.3) is 10.9 Å². The summed E-state index contributed by atoms with van der Waals surface area (Å²) in [7, 11) is 1.81. The van der Waals surface area contributed by atoms with Gasteiger partial charge in [0.2, 0.25) is 5.88 Å². The van der Waals surface area contributed by atoms with Crippen molar-refractivity contribution in [1.82, 2.24) is 14.8 Å². The number of aliphatic hydroxyl groups is 1. The number of likely N-dealkylation sites (N-methyl/N-ethyl adjacent to an activating group) is 1. The molecule has 1 aliphatic rings. The standard InChI is InChI=1S/C24H27N3O3/c1-26(22(19-8-3-2-4-9-19)16-27-14-13-20(28)15-27)24(29)17-30-23-12-11-18-7-5-6-10-21(18)25-23/h2-12,20,22,28H,13-17H2,1H3. The number of carbonyl (C=O) groups excluding carboxylic acids is 1. The molecule has 6 nitrogen and oxygen atoms in total. The minimum absolute atomic E-state index is 0.0756. The lowest BCUT2D eigenvalue weighted by atomic mass is 10.0. The molecule has 0 radical (unpaired) electrons. The molecule has 1 N–H and O–H groups in total. The Morgan fingerprint density at radius 2 is 1.93 bits per heavy atom. The average Bonchev–Trinajstić information content (AvgIpc) is 3.20. The van der Waals surface area contributed by atoms with Crippen molar-refractivity contribution in [2.75, 3.05) is 33.3 Å². The van der Waals surface area contributed by atoms with Crippen LogP contribution in [0.4, 0.5) is 0 Å². The predicted octanol–water partition coefficient (Wildman–Crippen LogP) is 2.88. The second-order valence-electron chi connectivity index (χ2n) is 7.76. The van der Waals surface area contributed by atoms with E-state index in [4.69, 9.17) is 4.74 Å². The van der Waals surface area contributed by atoms with Crippen LogP contribution in [0, 0.1) is 0 Å². The van der Waals surface area contributed by atoms with Crippen molar-refractivity contribution in [3.05, 3.63) is 72.3 Å². The van der Waals surface area contributed by atoms with Crippen molar-refractivity contribution in [3.63, 3.8) is 0 Å². The van der Waals surface area contributed by atoms with Crippen molar-refractivity contribution in [2.45, 2.75) is 18.6 Å². The van der Waals surface area contributed by atoms with Crippen LogP contribution in [0.15, 0.2) is 66.7 Å². The van der Waals surface area contributed by atoms with Gasteiger partial charge >= 0.3 is 0 Å². The van der Waals surface area contributed by atoms with Crippen LogP contribution in [0.3, 0.4) is 0 Å². The van der Waals surface area contributed by atoms with E-state index >= 15 is 0 Å². The zero-order valence-corrected chi connectivity index (χ0v) is 17.1. The normalized spacial score (nSPS) is 17.7. The fraction of sp³-hybridized carbons (Fsp3) is 0.333. The number of β-amino-alcohol motifs (C(OH)–C–C–N with tert-alkyl or cyclic N) is 1. The number of aliphatic hydroxyl groups excluding tert-OH is 1. The minimum atomic E-state index is -0.287. The van der Waals surface area contributed by atoms with E-state index < -0.39 is 0 Å². The van der Waals surface area contributed by atoms with E-state index in [1.807, 2.05) is 67.7 Å². The number of nitrogens with zero attached hydrogens (tertiary/aromatic N) is 3. The highest BCUT2D eigenvalue weighted by atomic mass is 16.5. The number of pyridine rings is 1. The van der Waals surface area contributed by atoms with Gasteiger partial charge in [-0.15, -0.1) is 0 Å². The number of ether oxygens (including phenoxy) is 1. The van der Waals surface area contributed by atoms with Gasteiger partial charge in [0.05, 0.1) is 17.7 Å². The number of fused-ring (bicyclic) bond motifs is 1. The molecule has 2 unspecified atom stereocenters. The maximum Gasteiger partial charge on any atom is 0.260 e. The van der Waals surface area contributed by atoms with E-state index in [-0.39, 0.29) is 24.7 Å². The summed E-state index contributed by atoms with van der Waals surface area (Å²) in [5.41, 5.74) is 1.91. The average molecular weight is 405 g/mol. The molecule has 0 aliphatic carbocycles. The summed E-state index contributed by atoms with van der Waals surface area (Å²) in [5.74, 6) is 0.327. The van der Waals surface area contributed by atoms with Crippen molar-refractivity contribution in [1.29, 1.82) is 0 Å². The quantitative estimate of drug-likeness (QED) is 0.655. The Morgan fingerprint density at radius 3 is 2.70 bits per heavy atom. The number of rotatable bonds is 7. The predicted molar refractivity (Wildman–Crippen MR) is 116 cm³/mol. The number of para-hydroxylation sites is 1. The topological polar surface area (TPSA) is 65.9 Å². The van der Waals surface area contributed by atoms with Crippen molar-refractivity contribution in [3.8, 4) is 5.88 Å². The summed E-state index contributed by atoms with van der Waals surface area (Å²) in [6, 6.07) is 21.4. The molecule has 1 fully saturated rings. The fourth-order valence-corrected chi connectivity index (χ4v) is 3.89. The van der Waals surface area contributed by atoms with Crippen molar-refractivity contribution < 1.29 is 14.6 Å². The van der Waals surface area contributed by atoms with Gasteiger partial charge in [-0.1, -0.05) is 48.5 Å². The zero-order valence-electron chi connectivity index (χ0n) is 17.1. The first-order chi connectivity index (χ1) is 14.6. The van der Waals surface area contributed by atoms with Crippen LogP contribution in [0.2, 0.25) is 0 Å². The number of aromatic nitrogens is 1. The first kappa shape index (κ1) is 20.3. The Labute approximate surface area is 176 Å². The first-order valence-corrected chi connectivity index (χ1v) is 10.3. The van der Waals surface area contributed by atoms with Gasteiger partial charge in [-0.3, -0.25) is 9.69 Å². The van der Waals surface area contributed by atoms with Crippen molar-refractivity contribution >= 4 is 16.8 Å². The summed E-state index contributed by atoms with van der Waals surface area (Å²) >= 11 is 0. The van der Waals surface area contributed by atoms with E-state index in [1.54, 1.807) is 11.0 Å². The number of hydrogen-bond acceptors (Lipinski definition) is 5. The molecule has 3 aromatic rings. The van der Waals surface area contributed by atoms with Crippen LogP contribution >= 0.6 is 0 Å². The molecule has 1 aromatic heterocycles. The summed E-state index contributed by atoms with van der Waals surface area (Å²) < 4.78 is 5.71. The van der Waals surface area contributed by atoms with Gasteiger partial charge in [-0.25, -0.2) is 4.98 Å². The van der Waals surface area contributed by atoms with E-state index in [9.17, 15) is 9.90 Å². The molecular formula is C24H27N3O3. The number of amides is 1. The van der Waals surface area contributed by atoms with Gasteiger partial charge in [0.25, 0.3) is 5.91 Å². The van der Waals surface area contributed by atoms with E-state index in [0.717, 1.165) is 29.4 Å². The summed E-state index contributed by atoms with van der Waals surface area (Å²) in [6.45, 7) is 2.08. The Morgan fingerprint density at radius 1 is 1.17 bits per heavy atom. The fourth-order valence-electron chi connectivity index (χ4n) is 3.89. The van der Waals surface area contributed by atoms with E-state index in [2.05, 4.69) is 9.88 Å². The molecular weight excluding hydrogens is 378 g/mol. The molecule has 4 rings (SSSR count). The zero-order chi connectivity index (χ0) is 20.9. The Balaban J connectivity index is 1.44. The van der Waals surface area contributed by atoms with Gasteiger partial charge in [-0.2, -0.15) is 0 Å². The number of hydrogen-bond donors (Lipinski definition) is 1. The first-order valence-electron chi connectivity index (χ1n) is 10.3. The molecule has 2 atom stereocenters. The van der Waals surface area contributed by atoms with Gasteiger partial charge in [0.15, 0.2) is 6.61 Å². The summed E-state index contributed by atoms with van der Waals surface area (Å²) in [6.07, 6.45) is 0.486. The molecule has 156 valence electrons. The van der Waals surface area contributed by atoms with Crippen LogP contribution < -0.4 is 4.74 Å². The van der Waals surface area contributed by atoms with Crippen LogP contribution in [-0.4, -0.2) is 65.2 Å². The third-order valence-corrected chi connectivity index (χ3v) is 5.64. The second kappa shape index (κ2) is 9.24.